The van der Waals surface area contributed by atoms with Crippen LogP contribution in [-0.4, -0.2) is 41.9 Å². The van der Waals surface area contributed by atoms with Crippen LogP contribution >= 0.6 is 0 Å². The molecule has 0 radical (unpaired) electrons. The van der Waals surface area contributed by atoms with Crippen molar-refractivity contribution in [1.82, 2.24) is 4.98 Å². The summed E-state index contributed by atoms with van der Waals surface area (Å²) >= 11 is 0. The lowest BCUT2D eigenvalue weighted by Gasteiger charge is -2.29. The number of carbonyl (C=O) groups is 1. The Morgan fingerprint density at radius 2 is 2.33 bits per heavy atom. The molecule has 0 bridgehead atoms. The Labute approximate surface area is 106 Å². The molecule has 1 fully saturated rings. The molecule has 2 heterocycles. The van der Waals surface area contributed by atoms with Gasteiger partial charge in [-0.25, -0.2) is 9.78 Å². The third kappa shape index (κ3) is 2.31. The van der Waals surface area contributed by atoms with E-state index in [1.165, 1.54) is 6.20 Å². The molecular formula is C13H18N2O3. The van der Waals surface area contributed by atoms with Gasteiger partial charge in [-0.05, 0) is 31.9 Å². The average Bonchev–Trinajstić information content (AvgIpc) is 2.74. The zero-order valence-corrected chi connectivity index (χ0v) is 10.9. The molecule has 0 aliphatic carbocycles. The number of pyridine rings is 1. The van der Waals surface area contributed by atoms with Crippen LogP contribution in [0, 0.1) is 6.92 Å². The fraction of sp³-hybridized carbons (Fsp3) is 0.538. The van der Waals surface area contributed by atoms with Gasteiger partial charge >= 0.3 is 5.97 Å². The molecule has 1 saturated heterocycles. The van der Waals surface area contributed by atoms with Crippen molar-refractivity contribution in [2.24, 2.45) is 0 Å². The topological polar surface area (TPSA) is 62.7 Å². The third-order valence-electron chi connectivity index (χ3n) is 3.47. The summed E-state index contributed by atoms with van der Waals surface area (Å²) in [4.78, 5) is 17.2. The van der Waals surface area contributed by atoms with E-state index in [4.69, 9.17) is 9.84 Å². The molecule has 1 aliphatic rings. The Kier molecular flexibility index (Phi) is 3.52. The minimum atomic E-state index is -0.947. The lowest BCUT2D eigenvalue weighted by Crippen LogP contribution is -2.37. The van der Waals surface area contributed by atoms with Crippen LogP contribution in [0.4, 0.5) is 5.82 Å². The van der Waals surface area contributed by atoms with Gasteiger partial charge in [0.2, 0.25) is 0 Å². The maximum Gasteiger partial charge on any atom is 0.337 e. The van der Waals surface area contributed by atoms with E-state index in [1.807, 2.05) is 14.0 Å². The van der Waals surface area contributed by atoms with Crippen LogP contribution in [-0.2, 0) is 4.74 Å². The molecule has 2 rings (SSSR count). The summed E-state index contributed by atoms with van der Waals surface area (Å²) in [6.45, 7) is 4.70. The number of ether oxygens (including phenoxy) is 1. The van der Waals surface area contributed by atoms with Crippen LogP contribution in [0.1, 0.15) is 29.3 Å². The van der Waals surface area contributed by atoms with Crippen molar-refractivity contribution < 1.29 is 14.6 Å². The monoisotopic (exact) mass is 250 g/mol. The second-order valence-electron chi connectivity index (χ2n) is 4.71. The van der Waals surface area contributed by atoms with Gasteiger partial charge in [0.25, 0.3) is 0 Å². The van der Waals surface area contributed by atoms with Crippen LogP contribution < -0.4 is 4.90 Å². The van der Waals surface area contributed by atoms with Crippen molar-refractivity contribution in [1.29, 1.82) is 0 Å². The Morgan fingerprint density at radius 3 is 2.83 bits per heavy atom. The van der Waals surface area contributed by atoms with Crippen molar-refractivity contribution >= 4 is 11.8 Å². The van der Waals surface area contributed by atoms with Gasteiger partial charge in [-0.2, -0.15) is 0 Å². The van der Waals surface area contributed by atoms with Crippen molar-refractivity contribution in [3.8, 4) is 0 Å². The van der Waals surface area contributed by atoms with Gasteiger partial charge in [0.15, 0.2) is 0 Å². The molecule has 98 valence electrons. The highest BCUT2D eigenvalue weighted by Crippen LogP contribution is 2.25. The molecule has 5 heteroatoms. The van der Waals surface area contributed by atoms with Crippen molar-refractivity contribution in [3.63, 3.8) is 0 Å². The molecule has 18 heavy (non-hydrogen) atoms. The Balaban J connectivity index is 2.25. The number of hydrogen-bond acceptors (Lipinski definition) is 4. The van der Waals surface area contributed by atoms with E-state index in [-0.39, 0.29) is 11.7 Å². The number of anilines is 1. The van der Waals surface area contributed by atoms with Gasteiger partial charge in [-0.3, -0.25) is 0 Å². The second-order valence-corrected chi connectivity index (χ2v) is 4.71. The molecule has 2 atom stereocenters. The predicted molar refractivity (Wildman–Crippen MR) is 68.2 cm³/mol. The molecule has 0 amide bonds. The van der Waals surface area contributed by atoms with Crippen molar-refractivity contribution in [3.05, 3.63) is 23.4 Å². The summed E-state index contributed by atoms with van der Waals surface area (Å²) < 4.78 is 5.55. The molecule has 0 spiro atoms. The van der Waals surface area contributed by atoms with Gasteiger partial charge < -0.3 is 14.7 Å². The third-order valence-corrected chi connectivity index (χ3v) is 3.47. The normalized spacial score (nSPS) is 23.1. The van der Waals surface area contributed by atoms with Crippen LogP contribution in [0.2, 0.25) is 0 Å². The van der Waals surface area contributed by atoms with Crippen LogP contribution in [0.5, 0.6) is 0 Å². The summed E-state index contributed by atoms with van der Waals surface area (Å²) in [6, 6.07) is 1.95. The molecule has 0 aromatic carbocycles. The Hall–Kier alpha value is -1.62. The number of rotatable bonds is 3. The Morgan fingerprint density at radius 1 is 1.61 bits per heavy atom. The van der Waals surface area contributed by atoms with Crippen molar-refractivity contribution in [2.75, 3.05) is 18.6 Å². The van der Waals surface area contributed by atoms with Crippen molar-refractivity contribution in [2.45, 2.75) is 32.4 Å². The summed E-state index contributed by atoms with van der Waals surface area (Å²) in [5, 5.41) is 8.92. The number of likely N-dealkylation sites (N-methyl/N-ethyl adjacent to an activating group) is 1. The summed E-state index contributed by atoms with van der Waals surface area (Å²) in [5.74, 6) is -0.125. The lowest BCUT2D eigenvalue weighted by molar-refractivity contribution is 0.0696. The number of aromatic nitrogens is 1. The van der Waals surface area contributed by atoms with Gasteiger partial charge in [-0.1, -0.05) is 0 Å². The van der Waals surface area contributed by atoms with E-state index in [0.29, 0.717) is 6.04 Å². The largest absolute Gasteiger partial charge is 0.478 e. The molecule has 0 saturated carbocycles. The maximum absolute atomic E-state index is 10.9. The quantitative estimate of drug-likeness (QED) is 0.884. The molecule has 1 N–H and O–H groups in total. The average molecular weight is 250 g/mol. The van der Waals surface area contributed by atoms with E-state index < -0.39 is 5.97 Å². The van der Waals surface area contributed by atoms with Crippen LogP contribution in [0.15, 0.2) is 12.3 Å². The standard InChI is InChI=1S/C13H18N2O3/c1-8-6-10(13(16)17)7-14-12(8)15(3)11-4-5-18-9(11)2/h6-7,9,11H,4-5H2,1-3H3,(H,16,17). The highest BCUT2D eigenvalue weighted by atomic mass is 16.5. The molecule has 1 aliphatic heterocycles. The fourth-order valence-corrected chi connectivity index (χ4v) is 2.44. The van der Waals surface area contributed by atoms with Crippen LogP contribution in [0.3, 0.4) is 0 Å². The first kappa shape index (κ1) is 12.8. The molecule has 5 nitrogen and oxygen atoms in total. The summed E-state index contributed by atoms with van der Waals surface area (Å²) in [6.07, 6.45) is 2.55. The maximum atomic E-state index is 10.9. The van der Waals surface area contributed by atoms with E-state index in [0.717, 1.165) is 24.4 Å². The number of carboxylic acid groups (broad SMARTS) is 1. The summed E-state index contributed by atoms with van der Waals surface area (Å²) in [5.41, 5.74) is 1.09. The Bertz CT molecular complexity index is 462. The first-order valence-corrected chi connectivity index (χ1v) is 6.05. The lowest BCUT2D eigenvalue weighted by atomic mass is 10.1. The van der Waals surface area contributed by atoms with E-state index in [1.54, 1.807) is 6.07 Å². The number of aromatic carboxylic acids is 1. The number of nitrogens with zero attached hydrogens (tertiary/aromatic N) is 2. The predicted octanol–water partition coefficient (Wildman–Crippen LogP) is 1.70. The minimum Gasteiger partial charge on any atom is -0.478 e. The fourth-order valence-electron chi connectivity index (χ4n) is 2.44. The number of hydrogen-bond donors (Lipinski definition) is 1. The highest BCUT2D eigenvalue weighted by molar-refractivity contribution is 5.87. The van der Waals surface area contributed by atoms with Gasteiger partial charge in [0, 0.05) is 19.9 Å². The number of aryl methyl sites for hydroxylation is 1. The van der Waals surface area contributed by atoms with Gasteiger partial charge in [-0.15, -0.1) is 0 Å². The first-order valence-electron chi connectivity index (χ1n) is 6.05. The van der Waals surface area contributed by atoms with Gasteiger partial charge in [0.05, 0.1) is 17.7 Å². The highest BCUT2D eigenvalue weighted by Gasteiger charge is 2.29. The smallest absolute Gasteiger partial charge is 0.337 e. The minimum absolute atomic E-state index is 0.176. The summed E-state index contributed by atoms with van der Waals surface area (Å²) in [7, 11) is 1.98. The second kappa shape index (κ2) is 4.94. The van der Waals surface area contributed by atoms with Gasteiger partial charge in [0.1, 0.15) is 5.82 Å². The zero-order chi connectivity index (χ0) is 13.3. The van der Waals surface area contributed by atoms with Crippen LogP contribution in [0.25, 0.3) is 0 Å². The SMILES string of the molecule is Cc1cc(C(=O)O)cnc1N(C)C1CCOC1C. The molecule has 1 aromatic rings. The van der Waals surface area contributed by atoms with E-state index >= 15 is 0 Å². The molecular weight excluding hydrogens is 232 g/mol. The molecule has 2 unspecified atom stereocenters. The zero-order valence-electron chi connectivity index (χ0n) is 10.9. The first-order chi connectivity index (χ1) is 8.50. The number of carboxylic acids is 1. The van der Waals surface area contributed by atoms with E-state index in [2.05, 4.69) is 16.8 Å². The molecule has 1 aromatic heterocycles. The van der Waals surface area contributed by atoms with E-state index in [9.17, 15) is 4.79 Å².